The van der Waals surface area contributed by atoms with Gasteiger partial charge in [-0.2, -0.15) is 0 Å². The predicted octanol–water partition coefficient (Wildman–Crippen LogP) is 8.94. The highest BCUT2D eigenvalue weighted by atomic mass is 16.5. The molecule has 0 aliphatic carbocycles. The van der Waals surface area contributed by atoms with Crippen LogP contribution in [0.2, 0.25) is 0 Å². The Bertz CT molecular complexity index is 392. The summed E-state index contributed by atoms with van der Waals surface area (Å²) < 4.78 is 10.2. The number of hydrogen-bond donors (Lipinski definition) is 0. The van der Waals surface area contributed by atoms with E-state index in [2.05, 4.69) is 6.58 Å². The first-order valence-corrected chi connectivity index (χ1v) is 13.5. The Morgan fingerprint density at radius 1 is 0.516 bits per heavy atom. The Morgan fingerprint density at radius 2 is 0.774 bits per heavy atom. The average Bonchev–Trinajstić information content (AvgIpc) is 2.76. The molecule has 0 spiro atoms. The Labute approximate surface area is 194 Å². The van der Waals surface area contributed by atoms with Gasteiger partial charge in [-0.25, -0.2) is 4.79 Å². The number of ether oxygens (including phenoxy) is 2. The minimum atomic E-state index is -0.254. The topological polar surface area (TPSA) is 35.5 Å². The standard InChI is InChI=1S/C28H54O3/c1-27(2)28(29)31-26-24-22-20-18-16-14-12-10-8-6-4-5-7-9-11-13-15-17-19-21-23-25-30-3/h1,4-26H2,2-3H3. The summed E-state index contributed by atoms with van der Waals surface area (Å²) >= 11 is 0. The lowest BCUT2D eigenvalue weighted by atomic mass is 10.0. The number of methoxy groups -OCH3 is 1. The fourth-order valence-corrected chi connectivity index (χ4v) is 4.00. The van der Waals surface area contributed by atoms with Crippen molar-refractivity contribution in [1.29, 1.82) is 0 Å². The van der Waals surface area contributed by atoms with Crippen molar-refractivity contribution in [2.75, 3.05) is 20.3 Å². The molecule has 31 heavy (non-hydrogen) atoms. The van der Waals surface area contributed by atoms with Gasteiger partial charge in [0.1, 0.15) is 0 Å². The van der Waals surface area contributed by atoms with Crippen molar-refractivity contribution in [2.45, 2.75) is 142 Å². The van der Waals surface area contributed by atoms with Crippen LogP contribution in [0.15, 0.2) is 12.2 Å². The predicted molar refractivity (Wildman–Crippen MR) is 135 cm³/mol. The van der Waals surface area contributed by atoms with Crippen LogP contribution in [0.5, 0.6) is 0 Å². The maximum Gasteiger partial charge on any atom is 0.333 e. The van der Waals surface area contributed by atoms with Crippen molar-refractivity contribution in [3.63, 3.8) is 0 Å². The summed E-state index contributed by atoms with van der Waals surface area (Å²) in [5.41, 5.74) is 0.492. The first-order chi connectivity index (χ1) is 15.2. The van der Waals surface area contributed by atoms with Gasteiger partial charge in [0.05, 0.1) is 6.61 Å². The molecule has 0 fully saturated rings. The fourth-order valence-electron chi connectivity index (χ4n) is 4.00. The summed E-state index contributed by atoms with van der Waals surface area (Å²) in [4.78, 5) is 11.2. The highest BCUT2D eigenvalue weighted by molar-refractivity contribution is 5.86. The second-order valence-electron chi connectivity index (χ2n) is 9.33. The van der Waals surface area contributed by atoms with Gasteiger partial charge < -0.3 is 9.47 Å². The molecule has 0 radical (unpaired) electrons. The van der Waals surface area contributed by atoms with Crippen LogP contribution in [0.4, 0.5) is 0 Å². The van der Waals surface area contributed by atoms with Crippen molar-refractivity contribution < 1.29 is 14.3 Å². The molecular weight excluding hydrogens is 384 g/mol. The van der Waals surface area contributed by atoms with E-state index in [0.29, 0.717) is 12.2 Å². The van der Waals surface area contributed by atoms with Crippen LogP contribution < -0.4 is 0 Å². The van der Waals surface area contributed by atoms with Crippen molar-refractivity contribution >= 4 is 5.97 Å². The largest absolute Gasteiger partial charge is 0.462 e. The third-order valence-electron chi connectivity index (χ3n) is 6.07. The number of hydrogen-bond acceptors (Lipinski definition) is 3. The molecule has 0 bridgehead atoms. The molecule has 0 heterocycles. The molecule has 0 aromatic heterocycles. The van der Waals surface area contributed by atoms with Crippen LogP contribution in [0.25, 0.3) is 0 Å². The first-order valence-electron chi connectivity index (χ1n) is 13.5. The summed E-state index contributed by atoms with van der Waals surface area (Å²) in [6.45, 7) is 6.76. The van der Waals surface area contributed by atoms with Gasteiger partial charge in [0.2, 0.25) is 0 Å². The van der Waals surface area contributed by atoms with Gasteiger partial charge in [-0.05, 0) is 19.8 Å². The third-order valence-corrected chi connectivity index (χ3v) is 6.07. The molecule has 0 aliphatic heterocycles. The van der Waals surface area contributed by atoms with E-state index in [0.717, 1.165) is 13.0 Å². The Morgan fingerprint density at radius 3 is 1.03 bits per heavy atom. The number of unbranched alkanes of at least 4 members (excludes halogenated alkanes) is 20. The average molecular weight is 439 g/mol. The van der Waals surface area contributed by atoms with Crippen LogP contribution >= 0.6 is 0 Å². The lowest BCUT2D eigenvalue weighted by Gasteiger charge is -2.05. The zero-order valence-corrected chi connectivity index (χ0v) is 21.2. The van der Waals surface area contributed by atoms with Crippen molar-refractivity contribution in [1.82, 2.24) is 0 Å². The maximum atomic E-state index is 11.2. The van der Waals surface area contributed by atoms with E-state index in [1.165, 1.54) is 128 Å². The number of esters is 1. The Kier molecular flexibility index (Phi) is 24.7. The molecule has 0 atom stereocenters. The molecule has 0 saturated heterocycles. The van der Waals surface area contributed by atoms with Crippen molar-refractivity contribution in [3.05, 3.63) is 12.2 Å². The maximum absolute atomic E-state index is 11.2. The molecule has 0 N–H and O–H groups in total. The lowest BCUT2D eigenvalue weighted by Crippen LogP contribution is -2.05. The summed E-state index contributed by atoms with van der Waals surface area (Å²) in [5.74, 6) is -0.254. The molecule has 0 unspecified atom stereocenters. The zero-order valence-electron chi connectivity index (χ0n) is 21.2. The van der Waals surface area contributed by atoms with Gasteiger partial charge in [0.25, 0.3) is 0 Å². The third kappa shape index (κ3) is 25.3. The smallest absolute Gasteiger partial charge is 0.333 e. The molecule has 0 saturated carbocycles. The van der Waals surface area contributed by atoms with Crippen LogP contribution in [-0.2, 0) is 14.3 Å². The highest BCUT2D eigenvalue weighted by Crippen LogP contribution is 2.15. The van der Waals surface area contributed by atoms with Gasteiger partial charge in [0, 0.05) is 19.3 Å². The zero-order chi connectivity index (χ0) is 22.8. The van der Waals surface area contributed by atoms with Gasteiger partial charge in [-0.3, -0.25) is 0 Å². The van der Waals surface area contributed by atoms with E-state index in [9.17, 15) is 4.79 Å². The molecule has 0 aliphatic rings. The molecule has 3 heteroatoms. The Hall–Kier alpha value is -0.830. The van der Waals surface area contributed by atoms with E-state index in [-0.39, 0.29) is 5.97 Å². The highest BCUT2D eigenvalue weighted by Gasteiger charge is 2.01. The normalized spacial score (nSPS) is 11.0. The van der Waals surface area contributed by atoms with Crippen LogP contribution in [0, 0.1) is 0 Å². The minimum Gasteiger partial charge on any atom is -0.462 e. The molecule has 0 rings (SSSR count). The SMILES string of the molecule is C=C(C)C(=O)OCCCCCCCCCCCCCCCCCCCCCCCOC. The molecular formula is C28H54O3. The molecule has 0 aromatic carbocycles. The van der Waals surface area contributed by atoms with E-state index in [1.807, 2.05) is 0 Å². The van der Waals surface area contributed by atoms with E-state index in [4.69, 9.17) is 9.47 Å². The summed E-state index contributed by atoms with van der Waals surface area (Å²) in [7, 11) is 1.79. The fraction of sp³-hybridized carbons (Fsp3) is 0.893. The summed E-state index contributed by atoms with van der Waals surface area (Å²) in [5, 5.41) is 0. The van der Waals surface area contributed by atoms with Crippen molar-refractivity contribution in [2.24, 2.45) is 0 Å². The summed E-state index contributed by atoms with van der Waals surface area (Å²) in [6.07, 6.45) is 28.6. The Balaban J connectivity index is 3.05. The van der Waals surface area contributed by atoms with E-state index in [1.54, 1.807) is 14.0 Å². The van der Waals surface area contributed by atoms with E-state index < -0.39 is 0 Å². The summed E-state index contributed by atoms with van der Waals surface area (Å²) in [6, 6.07) is 0. The van der Waals surface area contributed by atoms with E-state index >= 15 is 0 Å². The number of carbonyl (C=O) groups excluding carboxylic acids is 1. The quantitative estimate of drug-likeness (QED) is 0.0810. The van der Waals surface area contributed by atoms with Gasteiger partial charge in [0.15, 0.2) is 0 Å². The second kappa shape index (κ2) is 25.4. The molecule has 0 amide bonds. The van der Waals surface area contributed by atoms with Gasteiger partial charge >= 0.3 is 5.97 Å². The van der Waals surface area contributed by atoms with Gasteiger partial charge in [-0.1, -0.05) is 129 Å². The van der Waals surface area contributed by atoms with Crippen LogP contribution in [0.3, 0.4) is 0 Å². The van der Waals surface area contributed by atoms with Crippen LogP contribution in [-0.4, -0.2) is 26.3 Å². The molecule has 184 valence electrons. The number of carbonyl (C=O) groups is 1. The van der Waals surface area contributed by atoms with Gasteiger partial charge in [-0.15, -0.1) is 0 Å². The lowest BCUT2D eigenvalue weighted by molar-refractivity contribution is -0.139. The molecule has 0 aromatic rings. The minimum absolute atomic E-state index is 0.254. The second-order valence-corrected chi connectivity index (χ2v) is 9.33. The number of rotatable bonds is 25. The monoisotopic (exact) mass is 438 g/mol. The first kappa shape index (κ1) is 30.2. The van der Waals surface area contributed by atoms with Crippen molar-refractivity contribution in [3.8, 4) is 0 Å². The molecule has 3 nitrogen and oxygen atoms in total. The van der Waals surface area contributed by atoms with Crippen LogP contribution in [0.1, 0.15) is 142 Å².